The fourth-order valence-corrected chi connectivity index (χ4v) is 6.19. The lowest BCUT2D eigenvalue weighted by atomic mass is 10.1. The number of nitrogens with one attached hydrogen (secondary N) is 1. The van der Waals surface area contributed by atoms with Gasteiger partial charge < -0.3 is 10.2 Å². The fourth-order valence-electron chi connectivity index (χ4n) is 4.67. The first-order valence-corrected chi connectivity index (χ1v) is 13.1. The van der Waals surface area contributed by atoms with E-state index in [1.807, 2.05) is 37.3 Å². The first-order valence-electron chi connectivity index (χ1n) is 11.6. The molecule has 1 aliphatic carbocycles. The Balaban J connectivity index is 1.60. The van der Waals surface area contributed by atoms with Crippen LogP contribution in [0.3, 0.4) is 0 Å². The molecule has 0 bridgehead atoms. The first-order chi connectivity index (χ1) is 16.3. The van der Waals surface area contributed by atoms with Crippen molar-refractivity contribution < 1.29 is 22.8 Å². The zero-order valence-electron chi connectivity index (χ0n) is 19.1. The Bertz CT molecular complexity index is 1180. The van der Waals surface area contributed by atoms with Crippen molar-refractivity contribution in [3.63, 3.8) is 0 Å². The van der Waals surface area contributed by atoms with Crippen molar-refractivity contribution in [2.75, 3.05) is 6.54 Å². The molecule has 9 heteroatoms. The molecule has 2 aliphatic rings. The van der Waals surface area contributed by atoms with E-state index < -0.39 is 34.4 Å². The molecular formula is C25H29N3O5S. The zero-order chi connectivity index (χ0) is 24.3. The van der Waals surface area contributed by atoms with Gasteiger partial charge in [0.05, 0.1) is 5.56 Å². The topological polar surface area (TPSA) is 104 Å². The van der Waals surface area contributed by atoms with E-state index >= 15 is 0 Å². The quantitative estimate of drug-likeness (QED) is 0.622. The van der Waals surface area contributed by atoms with Gasteiger partial charge in [-0.05, 0) is 37.0 Å². The summed E-state index contributed by atoms with van der Waals surface area (Å²) in [5.74, 6) is -1.58. The number of rotatable bonds is 8. The highest BCUT2D eigenvalue weighted by atomic mass is 32.2. The summed E-state index contributed by atoms with van der Waals surface area (Å²) in [6, 6.07) is 14.4. The minimum Gasteiger partial charge on any atom is -0.352 e. The summed E-state index contributed by atoms with van der Waals surface area (Å²) in [6.45, 7) is 1.29. The number of hydrogen-bond donors (Lipinski definition) is 1. The van der Waals surface area contributed by atoms with E-state index in [4.69, 9.17) is 0 Å². The predicted molar refractivity (Wildman–Crippen MR) is 126 cm³/mol. The summed E-state index contributed by atoms with van der Waals surface area (Å²) in [5.41, 5.74) is 0.859. The molecule has 8 nitrogen and oxygen atoms in total. The van der Waals surface area contributed by atoms with Gasteiger partial charge >= 0.3 is 0 Å². The fraction of sp³-hybridized carbons (Fsp3) is 0.400. The maximum absolute atomic E-state index is 13.5. The molecule has 2 aromatic carbocycles. The molecule has 1 fully saturated rings. The molecule has 0 unspecified atom stereocenters. The number of sulfonamides is 1. The largest absolute Gasteiger partial charge is 0.352 e. The third-order valence-electron chi connectivity index (χ3n) is 6.47. The Labute approximate surface area is 200 Å². The molecule has 2 aromatic rings. The van der Waals surface area contributed by atoms with Crippen LogP contribution in [0.15, 0.2) is 59.5 Å². The second-order valence-corrected chi connectivity index (χ2v) is 10.6. The van der Waals surface area contributed by atoms with Gasteiger partial charge in [0.1, 0.15) is 17.5 Å². The number of carbonyl (C=O) groups is 3. The molecule has 1 heterocycles. The number of benzene rings is 2. The Kier molecular flexibility index (Phi) is 7.02. The van der Waals surface area contributed by atoms with E-state index in [9.17, 15) is 22.8 Å². The Morgan fingerprint density at radius 2 is 1.71 bits per heavy atom. The highest BCUT2D eigenvalue weighted by Gasteiger charge is 2.43. The van der Waals surface area contributed by atoms with Crippen molar-refractivity contribution >= 4 is 27.7 Å². The van der Waals surface area contributed by atoms with Crippen molar-refractivity contribution in [3.05, 3.63) is 65.7 Å². The van der Waals surface area contributed by atoms with Crippen LogP contribution in [0.1, 0.15) is 54.9 Å². The number of fused-ring (bicyclic) bond motifs is 1. The van der Waals surface area contributed by atoms with Crippen molar-refractivity contribution in [2.45, 2.75) is 62.6 Å². The van der Waals surface area contributed by atoms with E-state index in [1.54, 1.807) is 6.07 Å². The molecule has 180 valence electrons. The monoisotopic (exact) mass is 483 g/mol. The van der Waals surface area contributed by atoms with Crippen LogP contribution in [-0.2, 0) is 26.2 Å². The van der Waals surface area contributed by atoms with Crippen LogP contribution in [0.4, 0.5) is 0 Å². The zero-order valence-corrected chi connectivity index (χ0v) is 20.0. The van der Waals surface area contributed by atoms with Gasteiger partial charge in [0.2, 0.25) is 11.8 Å². The summed E-state index contributed by atoms with van der Waals surface area (Å²) in [6.07, 6.45) is 4.30. The number of amides is 3. The number of carbonyl (C=O) groups excluding carboxylic acids is 3. The van der Waals surface area contributed by atoms with E-state index in [2.05, 4.69) is 5.32 Å². The van der Waals surface area contributed by atoms with Gasteiger partial charge in [-0.15, -0.1) is 0 Å². The lowest BCUT2D eigenvalue weighted by Crippen LogP contribution is -2.53. The molecular weight excluding hydrogens is 454 g/mol. The second-order valence-electron chi connectivity index (χ2n) is 8.73. The maximum Gasteiger partial charge on any atom is 0.269 e. The normalized spacial score (nSPS) is 17.9. The molecule has 3 amide bonds. The Hall–Kier alpha value is -3.20. The van der Waals surface area contributed by atoms with Gasteiger partial charge in [-0.25, -0.2) is 12.7 Å². The van der Waals surface area contributed by atoms with E-state index in [0.717, 1.165) is 31.2 Å². The van der Waals surface area contributed by atoms with Gasteiger partial charge in [0.15, 0.2) is 0 Å². The molecule has 1 atom stereocenters. The molecule has 0 aromatic heterocycles. The summed E-state index contributed by atoms with van der Waals surface area (Å²) < 4.78 is 26.5. The van der Waals surface area contributed by atoms with Crippen LogP contribution in [0.5, 0.6) is 0 Å². The highest BCUT2D eigenvalue weighted by molar-refractivity contribution is 7.90. The summed E-state index contributed by atoms with van der Waals surface area (Å²) in [7, 11) is -4.13. The van der Waals surface area contributed by atoms with Gasteiger partial charge in [0, 0.05) is 12.6 Å². The summed E-state index contributed by atoms with van der Waals surface area (Å²) in [5, 5.41) is 3.05. The highest BCUT2D eigenvalue weighted by Crippen LogP contribution is 2.30. The minimum absolute atomic E-state index is 0.0518. The molecule has 0 spiro atoms. The Morgan fingerprint density at radius 3 is 2.35 bits per heavy atom. The summed E-state index contributed by atoms with van der Waals surface area (Å²) >= 11 is 0. The van der Waals surface area contributed by atoms with Crippen LogP contribution in [-0.4, -0.2) is 54.0 Å². The van der Waals surface area contributed by atoms with E-state index in [1.165, 1.54) is 23.1 Å². The lowest BCUT2D eigenvalue weighted by Gasteiger charge is -2.32. The van der Waals surface area contributed by atoms with Gasteiger partial charge in [-0.2, -0.15) is 0 Å². The van der Waals surface area contributed by atoms with E-state index in [0.29, 0.717) is 10.7 Å². The molecule has 1 N–H and O–H groups in total. The average Bonchev–Trinajstić information content (AvgIpc) is 3.41. The van der Waals surface area contributed by atoms with Crippen LogP contribution in [0.25, 0.3) is 0 Å². The van der Waals surface area contributed by atoms with Crippen molar-refractivity contribution in [2.24, 2.45) is 0 Å². The lowest BCUT2D eigenvalue weighted by molar-refractivity contribution is -0.141. The number of hydrogen-bond acceptors (Lipinski definition) is 5. The predicted octanol–water partition coefficient (Wildman–Crippen LogP) is 2.70. The van der Waals surface area contributed by atoms with E-state index in [-0.39, 0.29) is 29.0 Å². The number of nitrogens with zero attached hydrogens (tertiary/aromatic N) is 2. The second kappa shape index (κ2) is 9.97. The minimum atomic E-state index is -4.13. The van der Waals surface area contributed by atoms with Crippen molar-refractivity contribution in [3.8, 4) is 0 Å². The van der Waals surface area contributed by atoms with Gasteiger partial charge in [0.25, 0.3) is 15.9 Å². The molecule has 1 saturated carbocycles. The first kappa shape index (κ1) is 23.9. The van der Waals surface area contributed by atoms with Crippen molar-refractivity contribution in [1.82, 2.24) is 14.5 Å². The molecule has 0 radical (unpaired) electrons. The molecule has 0 saturated heterocycles. The standard InChI is InChI=1S/C25H29N3O5S/c1-2-21(24(30)26-19-12-6-7-13-19)27(16-18-10-4-3-5-11-18)23(29)17-28-25(31)20-14-8-9-15-22(20)34(28,32)33/h3-5,8-11,14-15,19,21H,2,6-7,12-13,16-17H2,1H3,(H,26,30)/t21-/m0/s1. The molecule has 34 heavy (non-hydrogen) atoms. The average molecular weight is 484 g/mol. The Morgan fingerprint density at radius 1 is 1.06 bits per heavy atom. The third-order valence-corrected chi connectivity index (χ3v) is 8.26. The SMILES string of the molecule is CC[C@@H](C(=O)NC1CCCC1)N(Cc1ccccc1)C(=O)CN1C(=O)c2ccccc2S1(=O)=O. The van der Waals surface area contributed by atoms with Gasteiger partial charge in [-0.3, -0.25) is 14.4 Å². The smallest absolute Gasteiger partial charge is 0.269 e. The summed E-state index contributed by atoms with van der Waals surface area (Å²) in [4.78, 5) is 40.8. The van der Waals surface area contributed by atoms with Crippen LogP contribution in [0.2, 0.25) is 0 Å². The van der Waals surface area contributed by atoms with Crippen LogP contribution >= 0.6 is 0 Å². The van der Waals surface area contributed by atoms with Crippen LogP contribution in [0, 0.1) is 0 Å². The van der Waals surface area contributed by atoms with Gasteiger partial charge in [-0.1, -0.05) is 62.2 Å². The van der Waals surface area contributed by atoms with Crippen molar-refractivity contribution in [1.29, 1.82) is 0 Å². The molecule has 4 rings (SSSR count). The maximum atomic E-state index is 13.5. The third kappa shape index (κ3) is 4.70. The molecule has 1 aliphatic heterocycles. The van der Waals surface area contributed by atoms with Crippen LogP contribution < -0.4 is 5.32 Å².